The molecule has 0 bridgehead atoms. The summed E-state index contributed by atoms with van der Waals surface area (Å²) in [4.78, 5) is 8.89. The van der Waals surface area contributed by atoms with Crippen LogP contribution in [0.3, 0.4) is 0 Å². The molecule has 4 rings (SSSR count). The summed E-state index contributed by atoms with van der Waals surface area (Å²) in [5, 5.41) is 5.76. The number of thiophene rings is 1. The monoisotopic (exact) mass is 299 g/mol. The van der Waals surface area contributed by atoms with Crippen molar-refractivity contribution in [3.05, 3.63) is 51.5 Å². The zero-order valence-electron chi connectivity index (χ0n) is 12.2. The van der Waals surface area contributed by atoms with E-state index in [9.17, 15) is 0 Å². The maximum Gasteiger partial charge on any atom is 0.0548 e. The Hall–Kier alpha value is -1.23. The van der Waals surface area contributed by atoms with Crippen molar-refractivity contribution in [1.29, 1.82) is 0 Å². The van der Waals surface area contributed by atoms with Gasteiger partial charge in [-0.25, -0.2) is 0 Å². The van der Waals surface area contributed by atoms with Crippen molar-refractivity contribution >= 4 is 11.3 Å². The lowest BCUT2D eigenvalue weighted by molar-refractivity contribution is 0.244. The van der Waals surface area contributed by atoms with Crippen LogP contribution in [0.4, 0.5) is 0 Å². The Labute approximate surface area is 130 Å². The molecule has 1 fully saturated rings. The molecule has 3 heterocycles. The van der Waals surface area contributed by atoms with Crippen LogP contribution in [-0.2, 0) is 26.1 Å². The van der Waals surface area contributed by atoms with E-state index in [1.807, 2.05) is 11.3 Å². The minimum absolute atomic E-state index is 0.745. The summed E-state index contributed by atoms with van der Waals surface area (Å²) in [6, 6.07) is 9.45. The van der Waals surface area contributed by atoms with Gasteiger partial charge in [0.15, 0.2) is 0 Å². The van der Waals surface area contributed by atoms with Gasteiger partial charge in [-0.15, -0.1) is 11.3 Å². The Morgan fingerprint density at radius 1 is 1.24 bits per heavy atom. The molecule has 0 saturated heterocycles. The first kappa shape index (κ1) is 13.4. The van der Waals surface area contributed by atoms with E-state index in [4.69, 9.17) is 4.98 Å². The quantitative estimate of drug-likeness (QED) is 0.920. The molecule has 3 nitrogen and oxygen atoms in total. The van der Waals surface area contributed by atoms with Gasteiger partial charge in [0.05, 0.1) is 11.4 Å². The van der Waals surface area contributed by atoms with Gasteiger partial charge in [0.2, 0.25) is 0 Å². The molecule has 2 aromatic rings. The molecule has 1 N–H and O–H groups in total. The van der Waals surface area contributed by atoms with Crippen molar-refractivity contribution < 1.29 is 0 Å². The Morgan fingerprint density at radius 2 is 2.14 bits per heavy atom. The Kier molecular flexibility index (Phi) is 3.76. The van der Waals surface area contributed by atoms with Crippen molar-refractivity contribution in [3.63, 3.8) is 0 Å². The van der Waals surface area contributed by atoms with Crippen LogP contribution in [0.5, 0.6) is 0 Å². The average molecular weight is 299 g/mol. The van der Waals surface area contributed by atoms with E-state index in [1.165, 1.54) is 36.2 Å². The van der Waals surface area contributed by atoms with Gasteiger partial charge in [-0.3, -0.25) is 9.88 Å². The third-order valence-electron chi connectivity index (χ3n) is 4.29. The van der Waals surface area contributed by atoms with Gasteiger partial charge in [-0.1, -0.05) is 6.07 Å². The van der Waals surface area contributed by atoms with E-state index in [0.29, 0.717) is 0 Å². The number of nitrogens with zero attached hydrogens (tertiary/aromatic N) is 2. The molecule has 1 aliphatic carbocycles. The van der Waals surface area contributed by atoms with Crippen LogP contribution < -0.4 is 5.32 Å². The predicted molar refractivity (Wildman–Crippen MR) is 86.2 cm³/mol. The minimum atomic E-state index is 0.745. The molecular weight excluding hydrogens is 278 g/mol. The van der Waals surface area contributed by atoms with E-state index in [0.717, 1.165) is 32.2 Å². The van der Waals surface area contributed by atoms with Crippen molar-refractivity contribution in [1.82, 2.24) is 15.2 Å². The summed E-state index contributed by atoms with van der Waals surface area (Å²) >= 11 is 1.90. The van der Waals surface area contributed by atoms with Crippen molar-refractivity contribution in [2.75, 3.05) is 6.54 Å². The summed E-state index contributed by atoms with van der Waals surface area (Å²) in [7, 11) is 0. The first-order chi connectivity index (χ1) is 10.4. The largest absolute Gasteiger partial charge is 0.308 e. The summed E-state index contributed by atoms with van der Waals surface area (Å²) in [6.45, 7) is 4.10. The number of hydrogen-bond donors (Lipinski definition) is 1. The van der Waals surface area contributed by atoms with Crippen LogP contribution in [0.15, 0.2) is 29.6 Å². The third kappa shape index (κ3) is 3.34. The predicted octanol–water partition coefficient (Wildman–Crippen LogP) is 2.95. The highest BCUT2D eigenvalue weighted by molar-refractivity contribution is 7.10. The van der Waals surface area contributed by atoms with Gasteiger partial charge in [-0.05, 0) is 48.4 Å². The molecule has 2 aromatic heterocycles. The van der Waals surface area contributed by atoms with Gasteiger partial charge in [0.1, 0.15) is 0 Å². The summed E-state index contributed by atoms with van der Waals surface area (Å²) in [5.41, 5.74) is 3.88. The fraction of sp³-hybridized carbons (Fsp3) is 0.471. The zero-order chi connectivity index (χ0) is 14.1. The molecule has 110 valence electrons. The minimum Gasteiger partial charge on any atom is -0.308 e. The molecule has 0 aromatic carbocycles. The van der Waals surface area contributed by atoms with Gasteiger partial charge in [0.25, 0.3) is 0 Å². The van der Waals surface area contributed by atoms with E-state index in [1.54, 1.807) is 4.88 Å². The maximum absolute atomic E-state index is 4.81. The Morgan fingerprint density at radius 3 is 3.05 bits per heavy atom. The smallest absolute Gasteiger partial charge is 0.0548 e. The molecule has 0 radical (unpaired) electrons. The van der Waals surface area contributed by atoms with Crippen LogP contribution in [0.1, 0.15) is 34.7 Å². The summed E-state index contributed by atoms with van der Waals surface area (Å²) < 4.78 is 0. The molecule has 2 aliphatic rings. The SMILES string of the molecule is c1cc(CNC2CC2)nc(CN2CCc3sccc3C2)c1. The lowest BCUT2D eigenvalue weighted by atomic mass is 10.1. The Balaban J connectivity index is 1.39. The van der Waals surface area contributed by atoms with Crippen molar-refractivity contribution in [2.45, 2.75) is 44.9 Å². The number of pyridine rings is 1. The van der Waals surface area contributed by atoms with Crippen LogP contribution in [0.25, 0.3) is 0 Å². The van der Waals surface area contributed by atoms with Crippen molar-refractivity contribution in [3.8, 4) is 0 Å². The van der Waals surface area contributed by atoms with Gasteiger partial charge in [0, 0.05) is 37.1 Å². The first-order valence-electron chi connectivity index (χ1n) is 7.82. The van der Waals surface area contributed by atoms with E-state index in [-0.39, 0.29) is 0 Å². The third-order valence-corrected chi connectivity index (χ3v) is 5.31. The molecule has 0 atom stereocenters. The Bertz CT molecular complexity index is 618. The van der Waals surface area contributed by atoms with Crippen LogP contribution in [0, 0.1) is 0 Å². The average Bonchev–Trinajstić information content (AvgIpc) is 3.22. The molecule has 4 heteroatoms. The van der Waals surface area contributed by atoms with Gasteiger partial charge < -0.3 is 5.32 Å². The number of fused-ring (bicyclic) bond motifs is 1. The molecular formula is C17H21N3S. The van der Waals surface area contributed by atoms with Crippen LogP contribution in [-0.4, -0.2) is 22.5 Å². The second-order valence-electron chi connectivity index (χ2n) is 6.11. The van der Waals surface area contributed by atoms with Gasteiger partial charge >= 0.3 is 0 Å². The highest BCUT2D eigenvalue weighted by atomic mass is 32.1. The number of rotatable bonds is 5. The lowest BCUT2D eigenvalue weighted by Crippen LogP contribution is -2.29. The second kappa shape index (κ2) is 5.87. The topological polar surface area (TPSA) is 28.2 Å². The molecule has 0 spiro atoms. The number of hydrogen-bond acceptors (Lipinski definition) is 4. The normalized spacial score (nSPS) is 18.7. The second-order valence-corrected chi connectivity index (χ2v) is 7.11. The zero-order valence-corrected chi connectivity index (χ0v) is 13.0. The van der Waals surface area contributed by atoms with E-state index >= 15 is 0 Å². The summed E-state index contributed by atoms with van der Waals surface area (Å²) in [5.74, 6) is 0. The fourth-order valence-electron chi connectivity index (χ4n) is 2.92. The molecule has 0 amide bonds. The van der Waals surface area contributed by atoms with Crippen LogP contribution in [0.2, 0.25) is 0 Å². The van der Waals surface area contributed by atoms with E-state index < -0.39 is 0 Å². The van der Waals surface area contributed by atoms with Crippen LogP contribution >= 0.6 is 11.3 Å². The van der Waals surface area contributed by atoms with Crippen molar-refractivity contribution in [2.24, 2.45) is 0 Å². The summed E-state index contributed by atoms with van der Waals surface area (Å²) in [6.07, 6.45) is 3.85. The maximum atomic E-state index is 4.81. The molecule has 1 saturated carbocycles. The molecule has 0 unspecified atom stereocenters. The number of nitrogens with one attached hydrogen (secondary N) is 1. The lowest BCUT2D eigenvalue weighted by Gasteiger charge is -2.26. The van der Waals surface area contributed by atoms with Gasteiger partial charge in [-0.2, -0.15) is 0 Å². The number of aromatic nitrogens is 1. The molecule has 21 heavy (non-hydrogen) atoms. The highest BCUT2D eigenvalue weighted by Gasteiger charge is 2.20. The van der Waals surface area contributed by atoms with E-state index in [2.05, 4.69) is 39.9 Å². The molecule has 1 aliphatic heterocycles. The fourth-order valence-corrected chi connectivity index (χ4v) is 3.81. The first-order valence-corrected chi connectivity index (χ1v) is 8.70. The standard InChI is InChI=1S/C17H21N3S/c1-2-15(10-18-14-4-5-14)19-16(3-1)12-20-8-6-17-13(11-20)7-9-21-17/h1-3,7,9,14,18H,4-6,8,10-12H2. The highest BCUT2D eigenvalue weighted by Crippen LogP contribution is 2.24.